The monoisotopic (exact) mass is 440 g/mol. The van der Waals surface area contributed by atoms with Gasteiger partial charge >= 0.3 is 0 Å². The Kier molecular flexibility index (Phi) is 6.03. The van der Waals surface area contributed by atoms with Crippen LogP contribution >= 0.6 is 11.3 Å². The van der Waals surface area contributed by atoms with Crippen LogP contribution in [0, 0.1) is 18.6 Å². The lowest BCUT2D eigenvalue weighted by Crippen LogP contribution is -2.12. The Hall–Kier alpha value is -3.59. The lowest BCUT2D eigenvalue weighted by molar-refractivity contribution is 0.102. The molecular weight excluding hydrogens is 422 g/mol. The Balaban J connectivity index is 1.35. The maximum absolute atomic E-state index is 13.6. The minimum absolute atomic E-state index is 0.0512. The molecule has 1 N–H and O–H groups in total. The molecule has 31 heavy (non-hydrogen) atoms. The number of benzene rings is 2. The van der Waals surface area contributed by atoms with Crippen molar-refractivity contribution in [2.75, 3.05) is 5.32 Å². The molecule has 158 valence electrons. The number of anilines is 1. The summed E-state index contributed by atoms with van der Waals surface area (Å²) in [5, 5.41) is 8.70. The van der Waals surface area contributed by atoms with Crippen LogP contribution in [0.1, 0.15) is 26.4 Å². The quantitative estimate of drug-likeness (QED) is 0.448. The average molecular weight is 440 g/mol. The molecule has 0 saturated carbocycles. The van der Waals surface area contributed by atoms with Crippen LogP contribution in [0.3, 0.4) is 0 Å². The molecule has 2 aromatic heterocycles. The van der Waals surface area contributed by atoms with E-state index in [1.807, 2.05) is 31.2 Å². The summed E-state index contributed by atoms with van der Waals surface area (Å²) in [6.07, 6.45) is 1.56. The van der Waals surface area contributed by atoms with Crippen molar-refractivity contribution in [3.8, 4) is 5.75 Å². The predicted octanol–water partition coefficient (Wildman–Crippen LogP) is 4.81. The van der Waals surface area contributed by atoms with Crippen LogP contribution in [0.25, 0.3) is 0 Å². The van der Waals surface area contributed by atoms with E-state index in [2.05, 4.69) is 15.4 Å². The molecule has 0 aliphatic carbocycles. The number of aryl methyl sites for hydroxylation is 1. The van der Waals surface area contributed by atoms with E-state index >= 15 is 0 Å². The fourth-order valence-corrected chi connectivity index (χ4v) is 3.67. The highest BCUT2D eigenvalue weighted by Crippen LogP contribution is 2.21. The fourth-order valence-electron chi connectivity index (χ4n) is 2.88. The minimum atomic E-state index is -0.777. The third kappa shape index (κ3) is 5.13. The number of hydrogen-bond donors (Lipinski definition) is 1. The molecule has 6 nitrogen and oxygen atoms in total. The SMILES string of the molecule is Cc1ccccc1Cn1cnc(NC(=O)c2cc(COc3ccc(F)cc3F)cs2)n1. The summed E-state index contributed by atoms with van der Waals surface area (Å²) < 4.78 is 33.6. The molecule has 0 atom stereocenters. The molecule has 0 fully saturated rings. The van der Waals surface area contributed by atoms with Crippen molar-refractivity contribution < 1.29 is 18.3 Å². The molecule has 4 aromatic rings. The predicted molar refractivity (Wildman–Crippen MR) is 113 cm³/mol. The van der Waals surface area contributed by atoms with E-state index in [1.165, 1.54) is 17.4 Å². The van der Waals surface area contributed by atoms with E-state index in [9.17, 15) is 13.6 Å². The number of hydrogen-bond acceptors (Lipinski definition) is 5. The standard InChI is InChI=1S/C22H18F2N4O2S/c1-14-4-2-3-5-16(14)10-28-13-25-22(27-28)26-21(29)20-8-15(12-31-20)11-30-19-7-6-17(23)9-18(19)24/h2-9,12-13H,10-11H2,1H3,(H,26,27,29). The van der Waals surface area contributed by atoms with Gasteiger partial charge in [-0.3, -0.25) is 10.1 Å². The van der Waals surface area contributed by atoms with Gasteiger partial charge in [0.2, 0.25) is 5.95 Å². The molecule has 0 unspecified atom stereocenters. The number of nitrogens with zero attached hydrogens (tertiary/aromatic N) is 3. The first kappa shape index (κ1) is 20.7. The zero-order chi connectivity index (χ0) is 21.8. The summed E-state index contributed by atoms with van der Waals surface area (Å²) in [4.78, 5) is 17.1. The molecule has 0 aliphatic rings. The number of halogens is 2. The molecule has 9 heteroatoms. The summed E-state index contributed by atoms with van der Waals surface area (Å²) in [5.41, 5.74) is 2.96. The number of ether oxygens (including phenoxy) is 1. The number of carbonyl (C=O) groups is 1. The Morgan fingerprint density at radius 1 is 1.19 bits per heavy atom. The van der Waals surface area contributed by atoms with E-state index in [0.717, 1.165) is 23.3 Å². The summed E-state index contributed by atoms with van der Waals surface area (Å²) in [7, 11) is 0. The average Bonchev–Trinajstić information content (AvgIpc) is 3.39. The van der Waals surface area contributed by atoms with Crippen LogP contribution in [0.15, 0.2) is 60.2 Å². The fraction of sp³-hybridized carbons (Fsp3) is 0.136. The van der Waals surface area contributed by atoms with Gasteiger partial charge in [0.15, 0.2) is 11.6 Å². The lowest BCUT2D eigenvalue weighted by Gasteiger charge is -2.05. The summed E-state index contributed by atoms with van der Waals surface area (Å²) >= 11 is 1.22. The van der Waals surface area contributed by atoms with Crippen molar-refractivity contribution >= 4 is 23.2 Å². The molecule has 1 amide bonds. The summed E-state index contributed by atoms with van der Waals surface area (Å²) in [6, 6.07) is 12.7. The Bertz CT molecular complexity index is 1220. The molecule has 2 heterocycles. The first-order valence-electron chi connectivity index (χ1n) is 9.38. The van der Waals surface area contributed by atoms with Crippen molar-refractivity contribution in [3.63, 3.8) is 0 Å². The highest BCUT2D eigenvalue weighted by Gasteiger charge is 2.13. The normalized spacial score (nSPS) is 10.8. The minimum Gasteiger partial charge on any atom is -0.486 e. The first-order chi connectivity index (χ1) is 15.0. The van der Waals surface area contributed by atoms with Crippen LogP contribution in [0.2, 0.25) is 0 Å². The highest BCUT2D eigenvalue weighted by molar-refractivity contribution is 7.12. The Labute approximate surface area is 181 Å². The highest BCUT2D eigenvalue weighted by atomic mass is 32.1. The van der Waals surface area contributed by atoms with Gasteiger partial charge in [0.25, 0.3) is 5.91 Å². The molecular formula is C22H18F2N4O2S. The second-order valence-electron chi connectivity index (χ2n) is 6.83. The first-order valence-corrected chi connectivity index (χ1v) is 10.3. The van der Waals surface area contributed by atoms with Crippen LogP contribution in [0.5, 0.6) is 5.75 Å². The number of nitrogens with one attached hydrogen (secondary N) is 1. The van der Waals surface area contributed by atoms with Crippen molar-refractivity contribution in [2.45, 2.75) is 20.1 Å². The van der Waals surface area contributed by atoms with Crippen LogP contribution in [0.4, 0.5) is 14.7 Å². The van der Waals surface area contributed by atoms with E-state index in [0.29, 0.717) is 17.0 Å². The molecule has 0 spiro atoms. The largest absolute Gasteiger partial charge is 0.486 e. The molecule has 4 rings (SSSR count). The van der Waals surface area contributed by atoms with Crippen molar-refractivity contribution in [3.05, 3.63) is 93.4 Å². The van der Waals surface area contributed by atoms with Crippen molar-refractivity contribution in [1.82, 2.24) is 14.8 Å². The van der Waals surface area contributed by atoms with E-state index in [-0.39, 0.29) is 24.2 Å². The van der Waals surface area contributed by atoms with Gasteiger partial charge in [0.1, 0.15) is 18.8 Å². The number of amides is 1. The smallest absolute Gasteiger partial charge is 0.268 e. The van der Waals surface area contributed by atoms with Crippen LogP contribution in [-0.4, -0.2) is 20.7 Å². The van der Waals surface area contributed by atoms with E-state index in [4.69, 9.17) is 4.74 Å². The maximum atomic E-state index is 13.6. The topological polar surface area (TPSA) is 69.0 Å². The van der Waals surface area contributed by atoms with Crippen molar-refractivity contribution in [2.24, 2.45) is 0 Å². The molecule has 0 bridgehead atoms. The second kappa shape index (κ2) is 9.05. The third-order valence-corrected chi connectivity index (χ3v) is 5.50. The number of carbonyl (C=O) groups excluding carboxylic acids is 1. The van der Waals surface area contributed by atoms with Gasteiger partial charge in [-0.2, -0.15) is 0 Å². The van der Waals surface area contributed by atoms with Crippen LogP contribution in [-0.2, 0) is 13.2 Å². The van der Waals surface area contributed by atoms with Gasteiger partial charge in [-0.05, 0) is 41.6 Å². The molecule has 0 aliphatic heterocycles. The molecule has 0 saturated heterocycles. The number of thiophene rings is 1. The molecule has 0 radical (unpaired) electrons. The Morgan fingerprint density at radius 3 is 2.84 bits per heavy atom. The molecule has 2 aromatic carbocycles. The van der Waals surface area contributed by atoms with Crippen molar-refractivity contribution in [1.29, 1.82) is 0 Å². The van der Waals surface area contributed by atoms with Crippen LogP contribution < -0.4 is 10.1 Å². The third-order valence-electron chi connectivity index (χ3n) is 4.52. The summed E-state index contributed by atoms with van der Waals surface area (Å²) in [5.74, 6) is -1.65. The number of rotatable bonds is 7. The second-order valence-corrected chi connectivity index (χ2v) is 7.74. The van der Waals surface area contributed by atoms with E-state index < -0.39 is 11.6 Å². The van der Waals surface area contributed by atoms with Gasteiger partial charge in [-0.25, -0.2) is 18.4 Å². The van der Waals surface area contributed by atoms with Gasteiger partial charge in [-0.1, -0.05) is 24.3 Å². The maximum Gasteiger partial charge on any atom is 0.268 e. The summed E-state index contributed by atoms with van der Waals surface area (Å²) in [6.45, 7) is 2.63. The lowest BCUT2D eigenvalue weighted by atomic mass is 10.1. The number of aromatic nitrogens is 3. The van der Waals surface area contributed by atoms with Gasteiger partial charge in [0.05, 0.1) is 11.4 Å². The van der Waals surface area contributed by atoms with E-state index in [1.54, 1.807) is 22.5 Å². The van der Waals surface area contributed by atoms with Gasteiger partial charge in [-0.15, -0.1) is 16.4 Å². The zero-order valence-corrected chi connectivity index (χ0v) is 17.3. The van der Waals surface area contributed by atoms with Gasteiger partial charge < -0.3 is 4.74 Å². The zero-order valence-electron chi connectivity index (χ0n) is 16.5. The van der Waals surface area contributed by atoms with Gasteiger partial charge in [0, 0.05) is 11.6 Å². The Morgan fingerprint density at radius 2 is 2.03 bits per heavy atom.